The number of aryl methyl sites for hydroxylation is 1. The molecule has 1 unspecified atom stereocenters. The SMILES string of the molecule is Cn1ccc(CC(=O)OCC2CCCCO2)n1. The molecule has 0 saturated carbocycles. The van der Waals surface area contributed by atoms with Gasteiger partial charge in [-0.25, -0.2) is 0 Å². The highest BCUT2D eigenvalue weighted by Crippen LogP contribution is 2.13. The first kappa shape index (κ1) is 12.1. The second-order valence-corrected chi connectivity index (χ2v) is 4.33. The maximum absolute atomic E-state index is 11.5. The molecule has 0 aromatic carbocycles. The third-order valence-corrected chi connectivity index (χ3v) is 2.80. The lowest BCUT2D eigenvalue weighted by Gasteiger charge is -2.21. The van der Waals surface area contributed by atoms with E-state index in [0.29, 0.717) is 6.61 Å². The fourth-order valence-electron chi connectivity index (χ4n) is 1.88. The van der Waals surface area contributed by atoms with Gasteiger partial charge in [-0.15, -0.1) is 0 Å². The fraction of sp³-hybridized carbons (Fsp3) is 0.667. The smallest absolute Gasteiger partial charge is 0.312 e. The molecular weight excluding hydrogens is 220 g/mol. The van der Waals surface area contributed by atoms with Gasteiger partial charge in [-0.3, -0.25) is 9.48 Å². The van der Waals surface area contributed by atoms with Crippen LogP contribution in [0.1, 0.15) is 25.0 Å². The second kappa shape index (κ2) is 5.82. The van der Waals surface area contributed by atoms with Crippen LogP contribution in [0.3, 0.4) is 0 Å². The van der Waals surface area contributed by atoms with Crippen LogP contribution < -0.4 is 0 Å². The lowest BCUT2D eigenvalue weighted by molar-refractivity contribution is -0.148. The van der Waals surface area contributed by atoms with Crippen LogP contribution in [-0.4, -0.2) is 35.1 Å². The molecule has 1 aromatic heterocycles. The van der Waals surface area contributed by atoms with Crippen molar-refractivity contribution in [3.05, 3.63) is 18.0 Å². The molecule has 1 atom stereocenters. The Labute approximate surface area is 101 Å². The maximum atomic E-state index is 11.5. The Morgan fingerprint density at radius 2 is 2.53 bits per heavy atom. The predicted molar refractivity (Wildman–Crippen MR) is 61.5 cm³/mol. The Morgan fingerprint density at radius 1 is 1.65 bits per heavy atom. The Hall–Kier alpha value is -1.36. The Morgan fingerprint density at radius 3 is 3.18 bits per heavy atom. The molecule has 0 amide bonds. The zero-order chi connectivity index (χ0) is 12.1. The Balaban J connectivity index is 1.70. The number of carbonyl (C=O) groups excluding carboxylic acids is 1. The van der Waals surface area contributed by atoms with Gasteiger partial charge >= 0.3 is 5.97 Å². The molecule has 5 nitrogen and oxygen atoms in total. The van der Waals surface area contributed by atoms with Gasteiger partial charge in [0.15, 0.2) is 0 Å². The van der Waals surface area contributed by atoms with E-state index in [4.69, 9.17) is 9.47 Å². The lowest BCUT2D eigenvalue weighted by Crippen LogP contribution is -2.26. The van der Waals surface area contributed by atoms with Crippen LogP contribution in [0.4, 0.5) is 0 Å². The summed E-state index contributed by atoms with van der Waals surface area (Å²) in [5.41, 5.74) is 0.738. The highest BCUT2D eigenvalue weighted by molar-refractivity contribution is 5.71. The first-order chi connectivity index (χ1) is 8.24. The number of ether oxygens (including phenoxy) is 2. The minimum Gasteiger partial charge on any atom is -0.463 e. The molecule has 0 bridgehead atoms. The Kier molecular flexibility index (Phi) is 4.14. The molecule has 1 aromatic rings. The summed E-state index contributed by atoms with van der Waals surface area (Å²) in [6, 6.07) is 1.82. The van der Waals surface area contributed by atoms with Crippen molar-refractivity contribution < 1.29 is 14.3 Å². The zero-order valence-electron chi connectivity index (χ0n) is 10.1. The summed E-state index contributed by atoms with van der Waals surface area (Å²) in [7, 11) is 1.82. The van der Waals surface area contributed by atoms with Crippen molar-refractivity contribution >= 4 is 5.97 Å². The summed E-state index contributed by atoms with van der Waals surface area (Å²) in [6.07, 6.45) is 5.37. The first-order valence-electron chi connectivity index (χ1n) is 6.00. The van der Waals surface area contributed by atoms with Crippen molar-refractivity contribution in [2.75, 3.05) is 13.2 Å². The van der Waals surface area contributed by atoms with E-state index in [0.717, 1.165) is 31.6 Å². The molecule has 1 fully saturated rings. The van der Waals surface area contributed by atoms with Gasteiger partial charge < -0.3 is 9.47 Å². The summed E-state index contributed by atoms with van der Waals surface area (Å²) in [6.45, 7) is 1.15. The monoisotopic (exact) mass is 238 g/mol. The zero-order valence-corrected chi connectivity index (χ0v) is 10.1. The van der Waals surface area contributed by atoms with Crippen LogP contribution in [0.15, 0.2) is 12.3 Å². The second-order valence-electron chi connectivity index (χ2n) is 4.33. The highest BCUT2D eigenvalue weighted by atomic mass is 16.6. The van der Waals surface area contributed by atoms with Crippen LogP contribution >= 0.6 is 0 Å². The summed E-state index contributed by atoms with van der Waals surface area (Å²) in [5.74, 6) is -0.238. The van der Waals surface area contributed by atoms with E-state index in [1.807, 2.05) is 19.3 Å². The summed E-state index contributed by atoms with van der Waals surface area (Å²) in [5, 5.41) is 4.13. The van der Waals surface area contributed by atoms with Crippen molar-refractivity contribution in [1.82, 2.24) is 9.78 Å². The molecule has 1 aliphatic heterocycles. The number of carbonyl (C=O) groups is 1. The van der Waals surface area contributed by atoms with Crippen LogP contribution in [-0.2, 0) is 27.7 Å². The van der Waals surface area contributed by atoms with E-state index >= 15 is 0 Å². The van der Waals surface area contributed by atoms with Crippen LogP contribution in [0, 0.1) is 0 Å². The minimum atomic E-state index is -0.238. The van der Waals surface area contributed by atoms with E-state index in [1.165, 1.54) is 0 Å². The van der Waals surface area contributed by atoms with Gasteiger partial charge in [-0.2, -0.15) is 5.10 Å². The minimum absolute atomic E-state index is 0.0800. The molecule has 5 heteroatoms. The molecule has 0 N–H and O–H groups in total. The molecule has 17 heavy (non-hydrogen) atoms. The number of nitrogens with zero attached hydrogens (tertiary/aromatic N) is 2. The van der Waals surface area contributed by atoms with Gasteiger partial charge in [0.1, 0.15) is 6.61 Å². The molecule has 0 radical (unpaired) electrons. The molecule has 94 valence electrons. The summed E-state index contributed by atoms with van der Waals surface area (Å²) in [4.78, 5) is 11.5. The molecule has 2 heterocycles. The summed E-state index contributed by atoms with van der Waals surface area (Å²) < 4.78 is 12.3. The van der Waals surface area contributed by atoms with Crippen molar-refractivity contribution in [2.45, 2.75) is 31.8 Å². The largest absolute Gasteiger partial charge is 0.463 e. The number of esters is 1. The topological polar surface area (TPSA) is 53.4 Å². The predicted octanol–water partition coefficient (Wildman–Crippen LogP) is 1.07. The van der Waals surface area contributed by atoms with Crippen molar-refractivity contribution in [3.63, 3.8) is 0 Å². The van der Waals surface area contributed by atoms with Crippen LogP contribution in [0.2, 0.25) is 0 Å². The van der Waals surface area contributed by atoms with Gasteiger partial charge in [-0.05, 0) is 25.3 Å². The number of hydrogen-bond acceptors (Lipinski definition) is 4. The number of hydrogen-bond donors (Lipinski definition) is 0. The molecular formula is C12H18N2O3. The van der Waals surface area contributed by atoms with E-state index in [9.17, 15) is 4.79 Å². The Bertz CT molecular complexity index is 370. The fourth-order valence-corrected chi connectivity index (χ4v) is 1.88. The molecule has 2 rings (SSSR count). The molecule has 1 saturated heterocycles. The third-order valence-electron chi connectivity index (χ3n) is 2.80. The van der Waals surface area contributed by atoms with E-state index in [1.54, 1.807) is 4.68 Å². The van der Waals surface area contributed by atoms with E-state index in [2.05, 4.69) is 5.10 Å². The van der Waals surface area contributed by atoms with Gasteiger partial charge in [0.05, 0.1) is 18.2 Å². The van der Waals surface area contributed by atoms with Gasteiger partial charge in [-0.1, -0.05) is 0 Å². The average Bonchev–Trinajstić information content (AvgIpc) is 2.73. The van der Waals surface area contributed by atoms with Crippen molar-refractivity contribution in [3.8, 4) is 0 Å². The molecule has 0 aliphatic carbocycles. The van der Waals surface area contributed by atoms with Crippen LogP contribution in [0.25, 0.3) is 0 Å². The highest BCUT2D eigenvalue weighted by Gasteiger charge is 2.16. The number of rotatable bonds is 4. The van der Waals surface area contributed by atoms with Gasteiger partial charge in [0, 0.05) is 19.9 Å². The quantitative estimate of drug-likeness (QED) is 0.736. The standard InChI is InChI=1S/C12H18N2O3/c1-14-6-5-10(13-14)8-12(15)17-9-11-4-2-3-7-16-11/h5-6,11H,2-4,7-9H2,1H3. The lowest BCUT2D eigenvalue weighted by atomic mass is 10.1. The normalized spacial score (nSPS) is 20.2. The maximum Gasteiger partial charge on any atom is 0.312 e. The average molecular weight is 238 g/mol. The van der Waals surface area contributed by atoms with E-state index in [-0.39, 0.29) is 18.5 Å². The summed E-state index contributed by atoms with van der Waals surface area (Å²) >= 11 is 0. The number of aromatic nitrogens is 2. The van der Waals surface area contributed by atoms with E-state index < -0.39 is 0 Å². The van der Waals surface area contributed by atoms with Gasteiger partial charge in [0.2, 0.25) is 0 Å². The third kappa shape index (κ3) is 3.85. The molecule has 1 aliphatic rings. The van der Waals surface area contributed by atoms with Crippen molar-refractivity contribution in [1.29, 1.82) is 0 Å². The molecule has 0 spiro atoms. The first-order valence-corrected chi connectivity index (χ1v) is 6.00. The van der Waals surface area contributed by atoms with Crippen LogP contribution in [0.5, 0.6) is 0 Å². The van der Waals surface area contributed by atoms with Gasteiger partial charge in [0.25, 0.3) is 0 Å². The van der Waals surface area contributed by atoms with Crippen molar-refractivity contribution in [2.24, 2.45) is 7.05 Å².